The highest BCUT2D eigenvalue weighted by Gasteiger charge is 2.34. The molecular formula is C25H34N4O6. The minimum absolute atomic E-state index is 0.0532. The lowest BCUT2D eigenvalue weighted by atomic mass is 10.1. The fourth-order valence-electron chi connectivity index (χ4n) is 4.15. The molecule has 3 rings (SSSR count). The van der Waals surface area contributed by atoms with E-state index >= 15 is 0 Å². The fourth-order valence-corrected chi connectivity index (χ4v) is 4.15. The van der Waals surface area contributed by atoms with Crippen molar-refractivity contribution in [2.75, 3.05) is 39.3 Å². The highest BCUT2D eigenvalue weighted by Crippen LogP contribution is 2.22. The molecule has 1 N–H and O–H groups in total. The van der Waals surface area contributed by atoms with Crippen LogP contribution in [0.5, 0.6) is 0 Å². The summed E-state index contributed by atoms with van der Waals surface area (Å²) in [6, 6.07) is 6.72. The molecule has 0 aromatic heterocycles. The van der Waals surface area contributed by atoms with Crippen LogP contribution < -0.4 is 5.32 Å². The van der Waals surface area contributed by atoms with E-state index in [1.165, 1.54) is 4.90 Å². The lowest BCUT2D eigenvalue weighted by Crippen LogP contribution is -2.39. The number of hydrogen-bond acceptors (Lipinski definition) is 6. The van der Waals surface area contributed by atoms with Gasteiger partial charge in [-0.15, -0.1) is 0 Å². The lowest BCUT2D eigenvalue weighted by Gasteiger charge is -2.23. The molecule has 10 nitrogen and oxygen atoms in total. The largest absolute Gasteiger partial charge is 0.444 e. The third kappa shape index (κ3) is 7.03. The summed E-state index contributed by atoms with van der Waals surface area (Å²) in [7, 11) is 0. The van der Waals surface area contributed by atoms with Crippen molar-refractivity contribution >= 4 is 29.7 Å². The van der Waals surface area contributed by atoms with Crippen LogP contribution in [-0.2, 0) is 14.3 Å². The molecule has 1 aromatic rings. The van der Waals surface area contributed by atoms with E-state index in [0.29, 0.717) is 50.1 Å². The Morgan fingerprint density at radius 2 is 1.43 bits per heavy atom. The number of carbonyl (C=O) groups is 5. The third-order valence-corrected chi connectivity index (χ3v) is 5.86. The summed E-state index contributed by atoms with van der Waals surface area (Å²) in [6.45, 7) is 7.64. The molecule has 1 saturated heterocycles. The van der Waals surface area contributed by atoms with Gasteiger partial charge in [0.05, 0.1) is 11.1 Å². The zero-order valence-electron chi connectivity index (χ0n) is 20.7. The van der Waals surface area contributed by atoms with Crippen molar-refractivity contribution in [3.05, 3.63) is 35.4 Å². The zero-order valence-corrected chi connectivity index (χ0v) is 20.7. The van der Waals surface area contributed by atoms with E-state index in [4.69, 9.17) is 4.74 Å². The Labute approximate surface area is 205 Å². The first kappa shape index (κ1) is 26.2. The molecule has 2 heterocycles. The van der Waals surface area contributed by atoms with Crippen molar-refractivity contribution in [1.29, 1.82) is 0 Å². The van der Waals surface area contributed by atoms with Gasteiger partial charge in [0.15, 0.2) is 0 Å². The first-order valence-corrected chi connectivity index (χ1v) is 12.0. The molecule has 0 unspecified atom stereocenters. The van der Waals surface area contributed by atoms with E-state index < -0.39 is 11.7 Å². The second-order valence-electron chi connectivity index (χ2n) is 9.70. The van der Waals surface area contributed by atoms with Gasteiger partial charge in [0.2, 0.25) is 11.8 Å². The fraction of sp³-hybridized carbons (Fsp3) is 0.560. The predicted octanol–water partition coefficient (Wildman–Crippen LogP) is 2.04. The van der Waals surface area contributed by atoms with Crippen molar-refractivity contribution in [3.8, 4) is 0 Å². The summed E-state index contributed by atoms with van der Waals surface area (Å²) >= 11 is 0. The Morgan fingerprint density at radius 3 is 1.97 bits per heavy atom. The van der Waals surface area contributed by atoms with Crippen LogP contribution in [0, 0.1) is 0 Å². The summed E-state index contributed by atoms with van der Waals surface area (Å²) in [5.74, 6) is -0.769. The summed E-state index contributed by atoms with van der Waals surface area (Å²) in [5, 5.41) is 2.59. The smallest absolute Gasteiger partial charge is 0.407 e. The summed E-state index contributed by atoms with van der Waals surface area (Å²) in [4.78, 5) is 66.5. The second-order valence-corrected chi connectivity index (χ2v) is 9.70. The Morgan fingerprint density at radius 1 is 0.886 bits per heavy atom. The lowest BCUT2D eigenvalue weighted by molar-refractivity contribution is -0.133. The van der Waals surface area contributed by atoms with Gasteiger partial charge < -0.3 is 19.9 Å². The first-order chi connectivity index (χ1) is 16.6. The number of fused-ring (bicyclic) bond motifs is 1. The third-order valence-electron chi connectivity index (χ3n) is 5.86. The predicted molar refractivity (Wildman–Crippen MR) is 128 cm³/mol. The highest BCUT2D eigenvalue weighted by atomic mass is 16.6. The van der Waals surface area contributed by atoms with Gasteiger partial charge in [-0.3, -0.25) is 24.1 Å². The van der Waals surface area contributed by atoms with Crippen molar-refractivity contribution in [2.24, 2.45) is 0 Å². The molecule has 1 aromatic carbocycles. The minimum atomic E-state index is -0.598. The average Bonchev–Trinajstić information content (AvgIpc) is 2.96. The first-order valence-electron chi connectivity index (χ1n) is 12.0. The number of rotatable bonds is 7. The Balaban J connectivity index is 1.38. The minimum Gasteiger partial charge on any atom is -0.444 e. The SMILES string of the molecule is CC(C)(C)OC(=O)NCCC(=O)N1CCCN(C(=O)CCCN2C(=O)c3ccccc3C2=O)CC1. The van der Waals surface area contributed by atoms with Crippen LogP contribution in [0.2, 0.25) is 0 Å². The van der Waals surface area contributed by atoms with E-state index in [0.717, 1.165) is 0 Å². The molecule has 0 atom stereocenters. The molecule has 0 radical (unpaired) electrons. The Hall–Kier alpha value is -3.43. The van der Waals surface area contributed by atoms with Gasteiger partial charge in [-0.05, 0) is 45.7 Å². The molecule has 35 heavy (non-hydrogen) atoms. The van der Waals surface area contributed by atoms with Crippen molar-refractivity contribution in [3.63, 3.8) is 0 Å². The van der Waals surface area contributed by atoms with Crippen LogP contribution in [0.15, 0.2) is 24.3 Å². The van der Waals surface area contributed by atoms with Gasteiger partial charge in [-0.25, -0.2) is 4.79 Å². The van der Waals surface area contributed by atoms with Gasteiger partial charge in [-0.2, -0.15) is 0 Å². The summed E-state index contributed by atoms with van der Waals surface area (Å²) in [6.07, 6.45) is 0.878. The molecule has 0 spiro atoms. The number of imide groups is 1. The van der Waals surface area contributed by atoms with Crippen LogP contribution in [0.1, 0.15) is 67.2 Å². The number of amides is 5. The van der Waals surface area contributed by atoms with Crippen LogP contribution >= 0.6 is 0 Å². The van der Waals surface area contributed by atoms with E-state index in [1.54, 1.807) is 54.8 Å². The molecule has 190 valence electrons. The molecule has 0 aliphatic carbocycles. The van der Waals surface area contributed by atoms with Crippen molar-refractivity contribution in [2.45, 2.75) is 52.1 Å². The standard InChI is InChI=1S/C25H34N4O6/c1-25(2,3)35-24(34)26-12-11-21(31)28-14-7-13-27(16-17-28)20(30)10-6-15-29-22(32)18-8-4-5-9-19(18)23(29)33/h4-5,8-9H,6-7,10-17H2,1-3H3,(H,26,34). The topological polar surface area (TPSA) is 116 Å². The summed E-state index contributed by atoms with van der Waals surface area (Å²) in [5.41, 5.74) is 0.212. The average molecular weight is 487 g/mol. The molecule has 1 fully saturated rings. The maximum Gasteiger partial charge on any atom is 0.407 e. The Bertz CT molecular complexity index is 951. The van der Waals surface area contributed by atoms with Gasteiger partial charge >= 0.3 is 6.09 Å². The van der Waals surface area contributed by atoms with Gasteiger partial charge in [0.1, 0.15) is 5.60 Å². The van der Waals surface area contributed by atoms with Crippen LogP contribution in [-0.4, -0.2) is 89.3 Å². The molecule has 0 bridgehead atoms. The number of ether oxygens (including phenoxy) is 1. The molecule has 0 saturated carbocycles. The summed E-state index contributed by atoms with van der Waals surface area (Å²) < 4.78 is 5.16. The van der Waals surface area contributed by atoms with Crippen molar-refractivity contribution < 1.29 is 28.7 Å². The monoisotopic (exact) mass is 486 g/mol. The van der Waals surface area contributed by atoms with Gasteiger partial charge in [-0.1, -0.05) is 12.1 Å². The molecule has 2 aliphatic heterocycles. The van der Waals surface area contributed by atoms with E-state index in [2.05, 4.69) is 5.32 Å². The number of alkyl carbamates (subject to hydrolysis) is 1. The zero-order chi connectivity index (χ0) is 25.6. The van der Waals surface area contributed by atoms with Crippen LogP contribution in [0.3, 0.4) is 0 Å². The van der Waals surface area contributed by atoms with E-state index in [9.17, 15) is 24.0 Å². The molecule has 2 aliphatic rings. The van der Waals surface area contributed by atoms with E-state index in [-0.39, 0.29) is 49.6 Å². The molecule has 5 amide bonds. The number of hydrogen-bond donors (Lipinski definition) is 1. The second kappa shape index (κ2) is 11.3. The number of nitrogens with zero attached hydrogens (tertiary/aromatic N) is 3. The Kier molecular flexibility index (Phi) is 8.48. The van der Waals surface area contributed by atoms with Gasteiger partial charge in [0, 0.05) is 52.1 Å². The molecular weight excluding hydrogens is 452 g/mol. The molecule has 10 heteroatoms. The maximum absolute atomic E-state index is 12.7. The van der Waals surface area contributed by atoms with Crippen LogP contribution in [0.25, 0.3) is 0 Å². The quantitative estimate of drug-likeness (QED) is 0.590. The van der Waals surface area contributed by atoms with Crippen LogP contribution in [0.4, 0.5) is 4.79 Å². The van der Waals surface area contributed by atoms with Gasteiger partial charge in [0.25, 0.3) is 11.8 Å². The normalized spacial score (nSPS) is 16.1. The maximum atomic E-state index is 12.7. The number of carbonyl (C=O) groups excluding carboxylic acids is 5. The van der Waals surface area contributed by atoms with Crippen molar-refractivity contribution in [1.82, 2.24) is 20.0 Å². The van der Waals surface area contributed by atoms with E-state index in [1.807, 2.05) is 0 Å². The highest BCUT2D eigenvalue weighted by molar-refractivity contribution is 6.21. The number of benzene rings is 1. The number of nitrogens with one attached hydrogen (secondary N) is 1.